The summed E-state index contributed by atoms with van der Waals surface area (Å²) in [5.41, 5.74) is 2.85. The van der Waals surface area contributed by atoms with Gasteiger partial charge in [0, 0.05) is 0 Å². The third kappa shape index (κ3) is 4.46. The number of methoxy groups -OCH3 is 1. The Hall–Kier alpha value is -4.13. The van der Waals surface area contributed by atoms with Gasteiger partial charge in [0.15, 0.2) is 0 Å². The molecule has 0 radical (unpaired) electrons. The van der Waals surface area contributed by atoms with Crippen molar-refractivity contribution in [2.45, 2.75) is 6.92 Å². The molecule has 0 aliphatic rings. The fourth-order valence-electron chi connectivity index (χ4n) is 3.30. The lowest BCUT2D eigenvalue weighted by atomic mass is 10.0. The van der Waals surface area contributed by atoms with Crippen molar-refractivity contribution >= 4 is 5.97 Å². The standard InChI is InChI=1S/C25H21FN2O4/c1-3-31-19-10-7-16(8-11-19)17-5-4-6-20(13-17)32-23-12-9-18(14-21(23)25(29)30-2)22-15-27-28-24(22)26/h4-15H,3H2,1-2H3,(H,27,28). The summed E-state index contributed by atoms with van der Waals surface area (Å²) in [4.78, 5) is 12.4. The van der Waals surface area contributed by atoms with E-state index in [1.54, 1.807) is 18.2 Å². The molecular weight excluding hydrogens is 411 g/mol. The average Bonchev–Trinajstić information content (AvgIpc) is 3.25. The Kier molecular flexibility index (Phi) is 6.17. The summed E-state index contributed by atoms with van der Waals surface area (Å²) in [5.74, 6) is 0.476. The summed E-state index contributed by atoms with van der Waals surface area (Å²) in [7, 11) is 1.28. The van der Waals surface area contributed by atoms with Gasteiger partial charge in [0.25, 0.3) is 0 Å². The van der Waals surface area contributed by atoms with Crippen molar-refractivity contribution in [2.75, 3.05) is 13.7 Å². The predicted molar refractivity (Wildman–Crippen MR) is 118 cm³/mol. The maximum Gasteiger partial charge on any atom is 0.341 e. The minimum Gasteiger partial charge on any atom is -0.494 e. The number of nitrogens with zero attached hydrogens (tertiary/aromatic N) is 1. The lowest BCUT2D eigenvalue weighted by molar-refractivity contribution is 0.0598. The van der Waals surface area contributed by atoms with Crippen LogP contribution in [0.15, 0.2) is 72.9 Å². The second kappa shape index (κ2) is 9.34. The van der Waals surface area contributed by atoms with Gasteiger partial charge in [-0.05, 0) is 60.0 Å². The molecule has 0 saturated carbocycles. The number of rotatable bonds is 7. The van der Waals surface area contributed by atoms with Crippen LogP contribution in [0.25, 0.3) is 22.3 Å². The number of benzene rings is 3. The molecule has 7 heteroatoms. The summed E-state index contributed by atoms with van der Waals surface area (Å²) in [6.45, 7) is 2.55. The number of aromatic nitrogens is 2. The Labute approximate surface area is 184 Å². The van der Waals surface area contributed by atoms with Gasteiger partial charge in [0.2, 0.25) is 5.95 Å². The van der Waals surface area contributed by atoms with Crippen LogP contribution in [0.2, 0.25) is 0 Å². The molecule has 1 N–H and O–H groups in total. The van der Waals surface area contributed by atoms with Crippen molar-refractivity contribution in [1.82, 2.24) is 10.2 Å². The lowest BCUT2D eigenvalue weighted by Gasteiger charge is -2.13. The van der Waals surface area contributed by atoms with Crippen LogP contribution in [0, 0.1) is 5.95 Å². The highest BCUT2D eigenvalue weighted by Gasteiger charge is 2.17. The van der Waals surface area contributed by atoms with Crippen LogP contribution in [-0.4, -0.2) is 29.9 Å². The van der Waals surface area contributed by atoms with Crippen molar-refractivity contribution in [3.8, 4) is 39.5 Å². The normalized spacial score (nSPS) is 10.6. The molecule has 32 heavy (non-hydrogen) atoms. The Bertz CT molecular complexity index is 1230. The van der Waals surface area contributed by atoms with Gasteiger partial charge in [-0.15, -0.1) is 0 Å². The van der Waals surface area contributed by atoms with E-state index in [1.165, 1.54) is 19.4 Å². The van der Waals surface area contributed by atoms with E-state index in [2.05, 4.69) is 10.2 Å². The molecular formula is C25H21FN2O4. The van der Waals surface area contributed by atoms with E-state index in [0.717, 1.165) is 16.9 Å². The molecule has 3 aromatic carbocycles. The molecule has 0 amide bonds. The maximum atomic E-state index is 13.9. The summed E-state index contributed by atoms with van der Waals surface area (Å²) in [6.07, 6.45) is 1.35. The van der Waals surface area contributed by atoms with Gasteiger partial charge in [0.1, 0.15) is 22.8 Å². The Balaban J connectivity index is 1.64. The van der Waals surface area contributed by atoms with E-state index in [1.807, 2.05) is 49.4 Å². The summed E-state index contributed by atoms with van der Waals surface area (Å²) < 4.78 is 30.3. The molecule has 0 aliphatic carbocycles. The van der Waals surface area contributed by atoms with Gasteiger partial charge < -0.3 is 14.2 Å². The van der Waals surface area contributed by atoms with E-state index >= 15 is 0 Å². The number of carbonyl (C=O) groups excluding carboxylic acids is 1. The van der Waals surface area contributed by atoms with E-state index < -0.39 is 11.9 Å². The molecule has 0 unspecified atom stereocenters. The van der Waals surface area contributed by atoms with E-state index in [4.69, 9.17) is 14.2 Å². The second-order valence-electron chi connectivity index (χ2n) is 6.89. The summed E-state index contributed by atoms with van der Waals surface area (Å²) in [6, 6.07) is 20.1. The van der Waals surface area contributed by atoms with Crippen LogP contribution in [0.3, 0.4) is 0 Å². The highest BCUT2D eigenvalue weighted by Crippen LogP contribution is 2.33. The number of hydrogen-bond donors (Lipinski definition) is 1. The van der Waals surface area contributed by atoms with Crippen LogP contribution in [0.5, 0.6) is 17.2 Å². The lowest BCUT2D eigenvalue weighted by Crippen LogP contribution is -2.04. The van der Waals surface area contributed by atoms with Gasteiger partial charge in [-0.25, -0.2) is 4.79 Å². The topological polar surface area (TPSA) is 73.4 Å². The van der Waals surface area contributed by atoms with Crippen LogP contribution >= 0.6 is 0 Å². The molecule has 0 aliphatic heterocycles. The van der Waals surface area contributed by atoms with E-state index in [9.17, 15) is 9.18 Å². The van der Waals surface area contributed by atoms with Crippen molar-refractivity contribution in [3.05, 3.63) is 84.4 Å². The van der Waals surface area contributed by atoms with Crippen molar-refractivity contribution < 1.29 is 23.4 Å². The Morgan fingerprint density at radius 3 is 2.44 bits per heavy atom. The molecule has 4 rings (SSSR count). The monoisotopic (exact) mass is 432 g/mol. The van der Waals surface area contributed by atoms with Gasteiger partial charge in [-0.3, -0.25) is 5.10 Å². The fourth-order valence-corrected chi connectivity index (χ4v) is 3.30. The Morgan fingerprint density at radius 2 is 1.75 bits per heavy atom. The minimum absolute atomic E-state index is 0.178. The molecule has 162 valence electrons. The smallest absolute Gasteiger partial charge is 0.341 e. The third-order valence-electron chi connectivity index (χ3n) is 4.85. The molecule has 1 heterocycles. The third-order valence-corrected chi connectivity index (χ3v) is 4.85. The zero-order chi connectivity index (χ0) is 22.5. The van der Waals surface area contributed by atoms with Crippen LogP contribution in [-0.2, 0) is 4.74 Å². The summed E-state index contributed by atoms with van der Waals surface area (Å²) >= 11 is 0. The molecule has 0 saturated heterocycles. The van der Waals surface area contributed by atoms with Crippen molar-refractivity contribution in [1.29, 1.82) is 0 Å². The molecule has 0 spiro atoms. The quantitative estimate of drug-likeness (QED) is 0.370. The van der Waals surface area contributed by atoms with Crippen molar-refractivity contribution in [3.63, 3.8) is 0 Å². The van der Waals surface area contributed by atoms with Crippen LogP contribution in [0.1, 0.15) is 17.3 Å². The molecule has 0 atom stereocenters. The molecule has 6 nitrogen and oxygen atoms in total. The Morgan fingerprint density at radius 1 is 0.969 bits per heavy atom. The SMILES string of the molecule is CCOc1ccc(-c2cccc(Oc3ccc(-c4cn[nH]c4F)cc3C(=O)OC)c2)cc1. The number of hydrogen-bond acceptors (Lipinski definition) is 5. The zero-order valence-corrected chi connectivity index (χ0v) is 17.6. The molecule has 4 aromatic rings. The minimum atomic E-state index is -0.589. The van der Waals surface area contributed by atoms with E-state index in [0.29, 0.717) is 23.7 Å². The highest BCUT2D eigenvalue weighted by molar-refractivity contribution is 5.94. The van der Waals surface area contributed by atoms with Crippen LogP contribution in [0.4, 0.5) is 4.39 Å². The van der Waals surface area contributed by atoms with Gasteiger partial charge in [0.05, 0.1) is 25.5 Å². The highest BCUT2D eigenvalue weighted by atomic mass is 19.1. The van der Waals surface area contributed by atoms with Gasteiger partial charge >= 0.3 is 5.97 Å². The molecule has 0 fully saturated rings. The van der Waals surface area contributed by atoms with E-state index in [-0.39, 0.29) is 11.1 Å². The molecule has 1 aromatic heterocycles. The summed E-state index contributed by atoms with van der Waals surface area (Å²) in [5, 5.41) is 5.93. The number of carbonyl (C=O) groups is 1. The number of halogens is 1. The maximum absolute atomic E-state index is 13.9. The number of aromatic amines is 1. The van der Waals surface area contributed by atoms with Crippen molar-refractivity contribution in [2.24, 2.45) is 0 Å². The van der Waals surface area contributed by atoms with Gasteiger partial charge in [-0.2, -0.15) is 9.49 Å². The average molecular weight is 432 g/mol. The number of H-pyrrole nitrogens is 1. The number of ether oxygens (including phenoxy) is 3. The first-order valence-electron chi connectivity index (χ1n) is 10.0. The molecule has 0 bridgehead atoms. The number of esters is 1. The largest absolute Gasteiger partial charge is 0.494 e. The zero-order valence-electron chi connectivity index (χ0n) is 17.6. The van der Waals surface area contributed by atoms with Gasteiger partial charge in [-0.1, -0.05) is 30.3 Å². The fraction of sp³-hybridized carbons (Fsp3) is 0.120. The number of nitrogens with one attached hydrogen (secondary N) is 1. The second-order valence-corrected chi connectivity index (χ2v) is 6.89. The predicted octanol–water partition coefficient (Wildman–Crippen LogP) is 5.86. The first-order chi connectivity index (χ1) is 15.6. The van der Waals surface area contributed by atoms with Crippen LogP contribution < -0.4 is 9.47 Å². The first kappa shape index (κ1) is 21.1. The first-order valence-corrected chi connectivity index (χ1v) is 10.0.